The van der Waals surface area contributed by atoms with Crippen LogP contribution in [-0.4, -0.2) is 17.4 Å². The Morgan fingerprint density at radius 1 is 1.00 bits per heavy atom. The molecule has 130 valence electrons. The molecule has 1 aliphatic heterocycles. The lowest BCUT2D eigenvalue weighted by molar-refractivity contribution is -0.189. The second-order valence-corrected chi connectivity index (χ2v) is 7.01. The van der Waals surface area contributed by atoms with Gasteiger partial charge in [0.1, 0.15) is 0 Å². The van der Waals surface area contributed by atoms with E-state index in [9.17, 15) is 13.2 Å². The minimum Gasteiger partial charge on any atom is -0.249 e. The first-order chi connectivity index (χ1) is 11.9. The molecule has 0 spiro atoms. The first-order valence-electron chi connectivity index (χ1n) is 8.17. The molecule has 0 amide bonds. The van der Waals surface area contributed by atoms with E-state index in [1.165, 1.54) is 5.01 Å². The highest BCUT2D eigenvalue weighted by atomic mass is 35.5. The van der Waals surface area contributed by atoms with Crippen molar-refractivity contribution in [1.82, 2.24) is 0 Å². The molecule has 0 N–H and O–H groups in total. The number of para-hydroxylation sites is 1. The number of benzene rings is 2. The number of nitrogens with zero attached hydrogens (tertiary/aromatic N) is 2. The summed E-state index contributed by atoms with van der Waals surface area (Å²) < 4.78 is 42.8. The minimum absolute atomic E-state index is 0.141. The van der Waals surface area contributed by atoms with Crippen LogP contribution in [0.5, 0.6) is 0 Å². The summed E-state index contributed by atoms with van der Waals surface area (Å²) in [6.07, 6.45) is -3.36. The zero-order valence-electron chi connectivity index (χ0n) is 13.3. The van der Waals surface area contributed by atoms with Gasteiger partial charge < -0.3 is 0 Å². The maximum absolute atomic E-state index is 14.3. The SMILES string of the molecule is FC(F)(F)C1(C2CC2)CC(c2ccc(Cl)cc2)=NN1c1ccccc1. The summed E-state index contributed by atoms with van der Waals surface area (Å²) in [6.45, 7) is 0. The van der Waals surface area contributed by atoms with Gasteiger partial charge in [-0.25, -0.2) is 5.01 Å². The Hall–Kier alpha value is -2.01. The topological polar surface area (TPSA) is 15.6 Å². The molecule has 0 saturated heterocycles. The normalized spacial score (nSPS) is 23.7. The van der Waals surface area contributed by atoms with Gasteiger partial charge in [0, 0.05) is 11.4 Å². The van der Waals surface area contributed by atoms with Crippen LogP contribution in [-0.2, 0) is 0 Å². The lowest BCUT2D eigenvalue weighted by Crippen LogP contribution is -2.57. The molecule has 0 aromatic heterocycles. The van der Waals surface area contributed by atoms with E-state index in [4.69, 9.17) is 11.6 Å². The van der Waals surface area contributed by atoms with Gasteiger partial charge in [0.2, 0.25) is 0 Å². The van der Waals surface area contributed by atoms with Crippen molar-refractivity contribution in [2.45, 2.75) is 31.0 Å². The Bertz CT molecular complexity index is 798. The summed E-state index contributed by atoms with van der Waals surface area (Å²) in [5.74, 6) is -0.429. The van der Waals surface area contributed by atoms with Gasteiger partial charge in [-0.1, -0.05) is 41.9 Å². The van der Waals surface area contributed by atoms with Crippen molar-refractivity contribution in [2.75, 3.05) is 5.01 Å². The molecule has 1 unspecified atom stereocenters. The van der Waals surface area contributed by atoms with Crippen molar-refractivity contribution in [3.63, 3.8) is 0 Å². The molecule has 1 aliphatic carbocycles. The Morgan fingerprint density at radius 3 is 2.20 bits per heavy atom. The number of rotatable bonds is 3. The van der Waals surface area contributed by atoms with Crippen LogP contribution in [0.25, 0.3) is 0 Å². The van der Waals surface area contributed by atoms with Crippen LogP contribution in [0.15, 0.2) is 59.7 Å². The lowest BCUT2D eigenvalue weighted by atomic mass is 9.85. The van der Waals surface area contributed by atoms with Gasteiger partial charge in [0.05, 0.1) is 11.4 Å². The molecule has 1 heterocycles. The molecule has 25 heavy (non-hydrogen) atoms. The van der Waals surface area contributed by atoms with Crippen LogP contribution in [0.2, 0.25) is 5.02 Å². The van der Waals surface area contributed by atoms with Gasteiger partial charge >= 0.3 is 6.18 Å². The van der Waals surface area contributed by atoms with E-state index in [0.29, 0.717) is 34.8 Å². The maximum Gasteiger partial charge on any atom is 0.414 e. The third kappa shape index (κ3) is 2.71. The molecule has 2 aromatic rings. The predicted molar refractivity (Wildman–Crippen MR) is 93.0 cm³/mol. The summed E-state index contributed by atoms with van der Waals surface area (Å²) in [5, 5.41) is 6.18. The van der Waals surface area contributed by atoms with E-state index in [0.717, 1.165) is 0 Å². The Labute approximate surface area is 148 Å². The Kier molecular flexibility index (Phi) is 3.80. The van der Waals surface area contributed by atoms with Crippen LogP contribution in [0.3, 0.4) is 0 Å². The van der Waals surface area contributed by atoms with Crippen molar-refractivity contribution >= 4 is 23.0 Å². The van der Waals surface area contributed by atoms with Gasteiger partial charge in [0.25, 0.3) is 0 Å². The summed E-state index contributed by atoms with van der Waals surface area (Å²) in [7, 11) is 0. The summed E-state index contributed by atoms with van der Waals surface area (Å²) in [5.41, 5.74) is -0.374. The van der Waals surface area contributed by atoms with Crippen molar-refractivity contribution in [1.29, 1.82) is 0 Å². The van der Waals surface area contributed by atoms with Crippen LogP contribution >= 0.6 is 11.6 Å². The third-order valence-electron chi connectivity index (χ3n) is 4.96. The number of anilines is 1. The van der Waals surface area contributed by atoms with E-state index >= 15 is 0 Å². The monoisotopic (exact) mass is 364 g/mol. The second-order valence-electron chi connectivity index (χ2n) is 6.57. The van der Waals surface area contributed by atoms with Crippen molar-refractivity contribution in [3.05, 3.63) is 65.2 Å². The third-order valence-corrected chi connectivity index (χ3v) is 5.21. The molecule has 4 rings (SSSR count). The Balaban J connectivity index is 1.83. The summed E-state index contributed by atoms with van der Waals surface area (Å²) in [4.78, 5) is 0. The Morgan fingerprint density at radius 2 is 1.64 bits per heavy atom. The van der Waals surface area contributed by atoms with Gasteiger partial charge in [-0.05, 0) is 48.6 Å². The highest BCUT2D eigenvalue weighted by Crippen LogP contribution is 2.57. The molecular formula is C19H16ClF3N2. The largest absolute Gasteiger partial charge is 0.414 e. The fourth-order valence-corrected chi connectivity index (χ4v) is 3.69. The van der Waals surface area contributed by atoms with E-state index in [-0.39, 0.29) is 6.42 Å². The maximum atomic E-state index is 14.3. The molecule has 0 radical (unpaired) electrons. The summed E-state index contributed by atoms with van der Waals surface area (Å²) in [6, 6.07) is 15.4. The smallest absolute Gasteiger partial charge is 0.249 e. The standard InChI is InChI=1S/C19H16ClF3N2/c20-15-10-6-13(7-11-15)17-12-18(14-8-9-14,19(21,22)23)25(24-17)16-4-2-1-3-5-16/h1-7,10-11,14H,8-9,12H2. The van der Waals surface area contributed by atoms with E-state index < -0.39 is 17.6 Å². The number of alkyl halides is 3. The predicted octanol–water partition coefficient (Wildman–Crippen LogP) is 5.67. The quantitative estimate of drug-likeness (QED) is 0.685. The zero-order valence-corrected chi connectivity index (χ0v) is 14.1. The number of hydrogen-bond acceptors (Lipinski definition) is 2. The molecule has 1 atom stereocenters. The number of hydrogen-bond donors (Lipinski definition) is 0. The van der Waals surface area contributed by atoms with Gasteiger partial charge in [-0.3, -0.25) is 0 Å². The van der Waals surface area contributed by atoms with Gasteiger partial charge in [0.15, 0.2) is 5.54 Å². The number of halogens is 4. The molecule has 0 bridgehead atoms. The lowest BCUT2D eigenvalue weighted by Gasteiger charge is -2.39. The van der Waals surface area contributed by atoms with Crippen molar-refractivity contribution in [3.8, 4) is 0 Å². The molecular weight excluding hydrogens is 349 g/mol. The number of hydrazone groups is 1. The van der Waals surface area contributed by atoms with Crippen LogP contribution in [0, 0.1) is 5.92 Å². The van der Waals surface area contributed by atoms with Gasteiger partial charge in [-0.15, -0.1) is 0 Å². The van der Waals surface area contributed by atoms with Crippen molar-refractivity contribution < 1.29 is 13.2 Å². The van der Waals surface area contributed by atoms with Crippen LogP contribution in [0.4, 0.5) is 18.9 Å². The molecule has 1 fully saturated rings. The fourth-order valence-electron chi connectivity index (χ4n) is 3.56. The highest BCUT2D eigenvalue weighted by Gasteiger charge is 2.68. The summed E-state index contributed by atoms with van der Waals surface area (Å²) >= 11 is 5.90. The van der Waals surface area contributed by atoms with E-state index in [2.05, 4.69) is 5.10 Å². The molecule has 2 nitrogen and oxygen atoms in total. The highest BCUT2D eigenvalue weighted by molar-refractivity contribution is 6.30. The van der Waals surface area contributed by atoms with E-state index in [1.807, 2.05) is 0 Å². The van der Waals surface area contributed by atoms with Crippen LogP contribution in [0.1, 0.15) is 24.8 Å². The zero-order chi connectivity index (χ0) is 17.7. The first kappa shape index (κ1) is 16.5. The fraction of sp³-hybridized carbons (Fsp3) is 0.316. The molecule has 2 aromatic carbocycles. The molecule has 6 heteroatoms. The average molecular weight is 365 g/mol. The average Bonchev–Trinajstić information content (AvgIpc) is 3.35. The molecule has 1 saturated carbocycles. The minimum atomic E-state index is -4.37. The van der Waals surface area contributed by atoms with E-state index in [1.54, 1.807) is 54.6 Å². The van der Waals surface area contributed by atoms with Crippen molar-refractivity contribution in [2.24, 2.45) is 11.0 Å². The second kappa shape index (κ2) is 5.77. The van der Waals surface area contributed by atoms with Crippen LogP contribution < -0.4 is 5.01 Å². The van der Waals surface area contributed by atoms with Gasteiger partial charge in [-0.2, -0.15) is 18.3 Å². The first-order valence-corrected chi connectivity index (χ1v) is 8.55. The molecule has 2 aliphatic rings.